The monoisotopic (exact) mass is 357 g/mol. The third-order valence-corrected chi connectivity index (χ3v) is 3.80. The van der Waals surface area contributed by atoms with E-state index in [1.807, 2.05) is 24.3 Å². The lowest BCUT2D eigenvalue weighted by Crippen LogP contribution is -2.21. The first-order valence-electron chi connectivity index (χ1n) is 8.06. The van der Waals surface area contributed by atoms with E-state index in [9.17, 15) is 13.6 Å². The summed E-state index contributed by atoms with van der Waals surface area (Å²) in [4.78, 5) is 13.0. The number of hydrogen-bond acceptors (Lipinski definition) is 4. The highest BCUT2D eigenvalue weighted by Gasteiger charge is 2.14. The molecule has 0 spiro atoms. The molecule has 0 unspecified atom stereocenters. The largest absolute Gasteiger partial charge is 0.319 e. The SMILES string of the molecule is CC(C)c1ccc(-c2nnn(CC(=O)Nc3c(F)cccc3F)n2)cc1. The van der Waals surface area contributed by atoms with Crippen LogP contribution in [0.5, 0.6) is 0 Å². The molecule has 1 N–H and O–H groups in total. The first-order chi connectivity index (χ1) is 12.4. The molecule has 0 saturated carbocycles. The zero-order valence-corrected chi connectivity index (χ0v) is 14.3. The minimum atomic E-state index is -0.851. The summed E-state index contributed by atoms with van der Waals surface area (Å²) in [6.07, 6.45) is 0. The van der Waals surface area contributed by atoms with Crippen LogP contribution in [0.3, 0.4) is 0 Å². The van der Waals surface area contributed by atoms with Gasteiger partial charge in [-0.15, -0.1) is 10.2 Å². The van der Waals surface area contributed by atoms with Crippen molar-refractivity contribution >= 4 is 11.6 Å². The van der Waals surface area contributed by atoms with Gasteiger partial charge >= 0.3 is 0 Å². The van der Waals surface area contributed by atoms with Crippen LogP contribution in [0.1, 0.15) is 25.3 Å². The van der Waals surface area contributed by atoms with Crippen molar-refractivity contribution in [2.24, 2.45) is 0 Å². The van der Waals surface area contributed by atoms with Gasteiger partial charge in [-0.25, -0.2) is 8.78 Å². The van der Waals surface area contributed by atoms with Crippen LogP contribution in [0, 0.1) is 11.6 Å². The summed E-state index contributed by atoms with van der Waals surface area (Å²) in [5.41, 5.74) is 1.45. The highest BCUT2D eigenvalue weighted by Crippen LogP contribution is 2.20. The molecule has 0 fully saturated rings. The van der Waals surface area contributed by atoms with Crippen LogP contribution in [0.2, 0.25) is 0 Å². The summed E-state index contributed by atoms with van der Waals surface area (Å²) in [6.45, 7) is 3.88. The number of nitrogens with one attached hydrogen (secondary N) is 1. The van der Waals surface area contributed by atoms with Crippen molar-refractivity contribution in [1.82, 2.24) is 20.2 Å². The molecule has 0 aliphatic rings. The van der Waals surface area contributed by atoms with E-state index in [2.05, 4.69) is 34.6 Å². The van der Waals surface area contributed by atoms with Gasteiger partial charge < -0.3 is 5.32 Å². The van der Waals surface area contributed by atoms with Crippen molar-refractivity contribution in [3.8, 4) is 11.4 Å². The molecule has 0 radical (unpaired) electrons. The first kappa shape index (κ1) is 17.7. The molecule has 0 aliphatic carbocycles. The summed E-state index contributed by atoms with van der Waals surface area (Å²) in [5.74, 6) is -1.58. The maximum atomic E-state index is 13.6. The van der Waals surface area contributed by atoms with E-state index >= 15 is 0 Å². The Kier molecular flexibility index (Phi) is 5.01. The van der Waals surface area contributed by atoms with Gasteiger partial charge in [0.1, 0.15) is 23.9 Å². The second-order valence-corrected chi connectivity index (χ2v) is 6.06. The fourth-order valence-electron chi connectivity index (χ4n) is 2.37. The summed E-state index contributed by atoms with van der Waals surface area (Å²) in [7, 11) is 0. The van der Waals surface area contributed by atoms with E-state index in [1.165, 1.54) is 11.6 Å². The lowest BCUT2D eigenvalue weighted by molar-refractivity contribution is -0.117. The van der Waals surface area contributed by atoms with Gasteiger partial charge in [-0.3, -0.25) is 4.79 Å². The molecule has 0 aliphatic heterocycles. The van der Waals surface area contributed by atoms with E-state index in [4.69, 9.17) is 0 Å². The van der Waals surface area contributed by atoms with Crippen molar-refractivity contribution in [3.05, 3.63) is 59.7 Å². The Morgan fingerprint density at radius 2 is 1.77 bits per heavy atom. The van der Waals surface area contributed by atoms with Crippen molar-refractivity contribution in [1.29, 1.82) is 0 Å². The molecule has 2 aromatic carbocycles. The average Bonchev–Trinajstić information content (AvgIpc) is 3.07. The molecule has 0 atom stereocenters. The molecule has 0 saturated heterocycles. The minimum Gasteiger partial charge on any atom is -0.319 e. The number of carbonyl (C=O) groups excluding carboxylic acids is 1. The van der Waals surface area contributed by atoms with Crippen LogP contribution >= 0.6 is 0 Å². The van der Waals surface area contributed by atoms with Gasteiger partial charge in [-0.05, 0) is 28.8 Å². The van der Waals surface area contributed by atoms with Gasteiger partial charge in [0.25, 0.3) is 0 Å². The van der Waals surface area contributed by atoms with Gasteiger partial charge in [0.15, 0.2) is 0 Å². The van der Waals surface area contributed by atoms with Crippen molar-refractivity contribution in [2.75, 3.05) is 5.32 Å². The first-order valence-corrected chi connectivity index (χ1v) is 8.06. The van der Waals surface area contributed by atoms with Crippen molar-refractivity contribution in [2.45, 2.75) is 26.3 Å². The molecule has 26 heavy (non-hydrogen) atoms. The van der Waals surface area contributed by atoms with Crippen LogP contribution in [0.15, 0.2) is 42.5 Å². The second kappa shape index (κ2) is 7.38. The number of aromatic nitrogens is 4. The molecule has 1 aromatic heterocycles. The Morgan fingerprint density at radius 1 is 1.12 bits per heavy atom. The van der Waals surface area contributed by atoms with Gasteiger partial charge in [-0.1, -0.05) is 44.2 Å². The van der Waals surface area contributed by atoms with Gasteiger partial charge in [0.05, 0.1) is 0 Å². The van der Waals surface area contributed by atoms with E-state index < -0.39 is 23.2 Å². The van der Waals surface area contributed by atoms with Crippen LogP contribution in [-0.2, 0) is 11.3 Å². The maximum Gasteiger partial charge on any atom is 0.248 e. The molecule has 1 heterocycles. The summed E-state index contributed by atoms with van der Waals surface area (Å²) < 4.78 is 27.1. The Hall–Kier alpha value is -3.16. The van der Waals surface area contributed by atoms with E-state index in [-0.39, 0.29) is 6.54 Å². The number of benzene rings is 2. The zero-order chi connectivity index (χ0) is 18.7. The molecule has 3 rings (SSSR count). The highest BCUT2D eigenvalue weighted by atomic mass is 19.1. The van der Waals surface area contributed by atoms with Gasteiger partial charge in [0.2, 0.25) is 11.7 Å². The van der Waals surface area contributed by atoms with Crippen LogP contribution in [0.4, 0.5) is 14.5 Å². The molecule has 1 amide bonds. The Labute approximate surface area is 148 Å². The molecule has 3 aromatic rings. The fraction of sp³-hybridized carbons (Fsp3) is 0.222. The molecule has 6 nitrogen and oxygen atoms in total. The topological polar surface area (TPSA) is 72.7 Å². The summed E-state index contributed by atoms with van der Waals surface area (Å²) in [6, 6.07) is 11.1. The van der Waals surface area contributed by atoms with Gasteiger partial charge in [0, 0.05) is 5.56 Å². The van der Waals surface area contributed by atoms with E-state index in [0.29, 0.717) is 11.7 Å². The normalized spacial score (nSPS) is 11.0. The van der Waals surface area contributed by atoms with Crippen LogP contribution < -0.4 is 5.32 Å². The van der Waals surface area contributed by atoms with Gasteiger partial charge in [-0.2, -0.15) is 4.80 Å². The lowest BCUT2D eigenvalue weighted by atomic mass is 10.0. The number of halogens is 2. The molecule has 134 valence electrons. The van der Waals surface area contributed by atoms with Crippen LogP contribution in [0.25, 0.3) is 11.4 Å². The number of nitrogens with zero attached hydrogens (tertiary/aromatic N) is 4. The summed E-state index contributed by atoms with van der Waals surface area (Å²) >= 11 is 0. The number of anilines is 1. The maximum absolute atomic E-state index is 13.6. The van der Waals surface area contributed by atoms with Crippen molar-refractivity contribution in [3.63, 3.8) is 0 Å². The average molecular weight is 357 g/mol. The number of tetrazole rings is 1. The fourth-order valence-corrected chi connectivity index (χ4v) is 2.37. The van der Waals surface area contributed by atoms with Crippen molar-refractivity contribution < 1.29 is 13.6 Å². The molecule has 0 bridgehead atoms. The number of carbonyl (C=O) groups is 1. The lowest BCUT2D eigenvalue weighted by Gasteiger charge is -2.06. The minimum absolute atomic E-state index is 0.315. The number of para-hydroxylation sites is 1. The van der Waals surface area contributed by atoms with E-state index in [1.54, 1.807) is 0 Å². The Morgan fingerprint density at radius 3 is 2.38 bits per heavy atom. The highest BCUT2D eigenvalue weighted by molar-refractivity contribution is 5.90. The summed E-state index contributed by atoms with van der Waals surface area (Å²) in [5, 5.41) is 14.0. The second-order valence-electron chi connectivity index (χ2n) is 6.06. The third-order valence-electron chi connectivity index (χ3n) is 3.80. The number of hydrogen-bond donors (Lipinski definition) is 1. The van der Waals surface area contributed by atoms with E-state index in [0.717, 1.165) is 22.5 Å². The molecular formula is C18H17F2N5O. The third kappa shape index (κ3) is 3.90. The predicted octanol–water partition coefficient (Wildman–Crippen LogP) is 3.38. The zero-order valence-electron chi connectivity index (χ0n) is 14.3. The smallest absolute Gasteiger partial charge is 0.248 e. The standard InChI is InChI=1S/C18H17F2N5O/c1-11(2)12-6-8-13(9-7-12)18-22-24-25(23-18)10-16(26)21-17-14(19)4-3-5-15(17)20/h3-9,11H,10H2,1-2H3,(H,21,26). The van der Waals surface area contributed by atoms with Crippen LogP contribution in [-0.4, -0.2) is 26.1 Å². The number of amides is 1. The Bertz CT molecular complexity index is 901. The Balaban J connectivity index is 1.69. The number of rotatable bonds is 5. The molecular weight excluding hydrogens is 340 g/mol. The quantitative estimate of drug-likeness (QED) is 0.760. The predicted molar refractivity (Wildman–Crippen MR) is 92.3 cm³/mol. The molecule has 8 heteroatoms.